The molecule has 22 aromatic rings. The largest absolute Gasteiger partial charge is 0.399 e. The number of pyridine rings is 6. The molecule has 0 amide bonds. The fourth-order valence-corrected chi connectivity index (χ4v) is 16.6. The van der Waals surface area contributed by atoms with Crippen LogP contribution in [0.3, 0.4) is 0 Å². The number of nitro benzene ring substituents is 6. The molecule has 0 atom stereocenters. The van der Waals surface area contributed by atoms with Crippen molar-refractivity contribution < 1.29 is 34.3 Å². The molecule has 7 aromatic heterocycles. The van der Waals surface area contributed by atoms with Crippen molar-refractivity contribution in [2.75, 3.05) is 81.6 Å². The highest BCUT2D eigenvalue weighted by molar-refractivity contribution is 6.15. The number of nitrogens with zero attached hydrogens (tertiary/aromatic N) is 16. The van der Waals surface area contributed by atoms with Crippen molar-refractivity contribution in [2.45, 2.75) is 0 Å². The zero-order valence-electron chi connectivity index (χ0n) is 73.8. The van der Waals surface area contributed by atoms with E-state index in [9.17, 15) is 60.7 Å². The first-order valence-electron chi connectivity index (χ1n) is 43.2. The highest BCUT2D eigenvalue weighted by atomic mass is 16.6. The van der Waals surface area contributed by atoms with E-state index in [1.54, 1.807) is 30.3 Å². The number of hydrogen-bond donors (Lipinski definition) is 10. The van der Waals surface area contributed by atoms with E-state index < -0.39 is 29.5 Å². The molecule has 692 valence electrons. The summed E-state index contributed by atoms with van der Waals surface area (Å²) < 4.78 is 5.45. The van der Waals surface area contributed by atoms with Crippen molar-refractivity contribution >= 4 is 255 Å². The van der Waals surface area contributed by atoms with Crippen LogP contribution in [0.1, 0.15) is 0 Å². The fraction of sp³-hybridized carbons (Fsp3) is 0.0392. The van der Waals surface area contributed by atoms with E-state index in [-0.39, 0.29) is 56.2 Å². The SMILES string of the molecule is Nc1c2ccc([N+](=O)[O-])cc2nc2cc([N+](=O)[O-])ccc12.Nc1ccc(N)c(Nc2c3ccc([N+](=O)[O-])cc3nc3cc([N+](=O)[O-])ccc23)c1.Nc1ccc2c(N)c3ccc(N)cc3nc2c1.[N-]=[N+]=Nc1c2ccc([N+](=O)[O-])cc2nc2cccc([N+](=O)[O-])c12.c1ccc2c(Nc3ccc(N4CCOCC4)cc3)c3ccccc3nc2c1.c1ccc2c(Nc3ccc4[nH]ccc4c3)c3ccccc3nc2c1. The van der Waals surface area contributed by atoms with Gasteiger partial charge in [-0.25, -0.2) is 29.9 Å². The number of para-hydroxylation sites is 4. The van der Waals surface area contributed by atoms with Crippen molar-refractivity contribution in [3.63, 3.8) is 0 Å². The molecule has 1 saturated heterocycles. The number of nitrogen functional groups attached to an aromatic ring is 6. The minimum atomic E-state index is -0.600. The molecule has 141 heavy (non-hydrogen) atoms. The maximum absolute atomic E-state index is 11.2. The summed E-state index contributed by atoms with van der Waals surface area (Å²) in [7, 11) is 0. The number of nitrogens with two attached hydrogens (primary N) is 6. The Balaban J connectivity index is 0.000000113. The lowest BCUT2D eigenvalue weighted by molar-refractivity contribution is -0.384. The van der Waals surface area contributed by atoms with Crippen LogP contribution in [0, 0.1) is 60.7 Å². The summed E-state index contributed by atoms with van der Waals surface area (Å²) in [5, 5.41) is 90.3. The summed E-state index contributed by atoms with van der Waals surface area (Å²) in [5.41, 5.74) is 62.0. The van der Waals surface area contributed by atoms with Crippen LogP contribution in [-0.2, 0) is 4.74 Å². The Hall–Kier alpha value is -20.5. The molecule has 39 heteroatoms. The van der Waals surface area contributed by atoms with Gasteiger partial charge in [0.1, 0.15) is 0 Å². The first-order chi connectivity index (χ1) is 68.2. The van der Waals surface area contributed by atoms with Gasteiger partial charge in [-0.1, -0.05) is 84.0 Å². The van der Waals surface area contributed by atoms with Crippen LogP contribution in [0.2, 0.25) is 0 Å². The van der Waals surface area contributed by atoms with Crippen LogP contribution in [0.25, 0.3) is 152 Å². The number of ether oxygens (including phenoxy) is 1. The fourth-order valence-electron chi connectivity index (χ4n) is 16.6. The van der Waals surface area contributed by atoms with E-state index in [2.05, 4.69) is 177 Å². The molecule has 0 spiro atoms. The zero-order valence-corrected chi connectivity index (χ0v) is 73.8. The monoisotopic (exact) mass is 1870 g/mol. The van der Waals surface area contributed by atoms with Crippen molar-refractivity contribution in [3.05, 3.63) is 387 Å². The summed E-state index contributed by atoms with van der Waals surface area (Å²) in [6.07, 6.45) is 1.96. The van der Waals surface area contributed by atoms with Gasteiger partial charge in [0.2, 0.25) is 0 Å². The maximum atomic E-state index is 11.2. The maximum Gasteiger partial charge on any atom is 0.279 e. The van der Waals surface area contributed by atoms with E-state index >= 15 is 0 Å². The van der Waals surface area contributed by atoms with Gasteiger partial charge in [0.05, 0.1) is 160 Å². The molecular weight excluding hydrogens is 1800 g/mol. The summed E-state index contributed by atoms with van der Waals surface area (Å²) in [4.78, 5) is 97.9. The standard InChI is InChI=1S/C23H21N3O.C21H15N3.C19H14N6O4.C13H6N6O4.C13H8N4O4.C13H12N4/c1-3-7-21-19(5-1)23(20-6-2-4-8-22(20)25-21)24-17-9-11-18(12-10-17)26-13-15-27-16-14-26;1-3-7-19-16(5-1)21(17-6-2-4-8-20(17)24-19)23-15-9-10-18-14(13-15)11-12-22-18;20-10-1-6-15(21)18(7-10)23-19-13-4-2-11(24(26)27)8-16(13)22-17-9-12(25(28)29)3-5-14(17)19;14-17-16-13-8-5-4-7(18(20)21)6-10(8)15-9-2-1-3-11(12(9)13)19(22)23;14-13-9-3-1-7(16(18)19)5-11(9)15-12-6-8(17(20)21)2-4-10(12)13;14-7-1-3-9-11(5-7)17-12-6-8(15)2-4-10(12)13(9)16/h1-12H,13-16H2,(H,24,25);1-13,22H,(H,23,24);1-9H,20-21H2,(H,22,23);1-6H;1-6H,(H2,14,15);1-6H,14-15H2,(H2,16,17). The average Bonchev–Trinajstić information content (AvgIpc) is 1.31. The van der Waals surface area contributed by atoms with Gasteiger partial charge in [-0.05, 0) is 169 Å². The Morgan fingerprint density at radius 1 is 0.340 bits per heavy atom. The lowest BCUT2D eigenvalue weighted by Crippen LogP contribution is -2.36. The minimum absolute atomic E-state index is 0.0229. The molecule has 16 N–H and O–H groups in total. The van der Waals surface area contributed by atoms with Gasteiger partial charge in [-0.15, -0.1) is 0 Å². The molecule has 1 aliphatic heterocycles. The molecule has 15 aromatic carbocycles. The smallest absolute Gasteiger partial charge is 0.279 e. The number of anilines is 13. The number of non-ortho nitro benzene ring substituents is 6. The van der Waals surface area contributed by atoms with Gasteiger partial charge in [-0.2, -0.15) is 0 Å². The number of H-pyrrole nitrogens is 1. The molecular formula is C102H76N26O13. The van der Waals surface area contributed by atoms with Crippen LogP contribution in [-0.4, -0.2) is 90.7 Å². The quantitative estimate of drug-likeness (QED) is 0.00919. The summed E-state index contributed by atoms with van der Waals surface area (Å²) in [5.74, 6) is 0. The molecule has 23 rings (SSSR count). The lowest BCUT2D eigenvalue weighted by atomic mass is 10.1. The molecule has 1 aliphatic rings. The Bertz CT molecular complexity index is 8630. The zero-order chi connectivity index (χ0) is 98.4. The lowest BCUT2D eigenvalue weighted by Gasteiger charge is -2.29. The molecule has 1 fully saturated rings. The number of fused-ring (bicyclic) bond motifs is 13. The summed E-state index contributed by atoms with van der Waals surface area (Å²) in [6, 6.07) is 91.1. The Kier molecular flexibility index (Phi) is 25.2. The van der Waals surface area contributed by atoms with Gasteiger partial charge in [0, 0.05) is 195 Å². The molecule has 0 unspecified atom stereocenters. The number of azide groups is 1. The Morgan fingerprint density at radius 3 is 1.14 bits per heavy atom. The number of aromatic amines is 1. The number of hydrogen-bond acceptors (Lipinski definition) is 30. The van der Waals surface area contributed by atoms with Crippen LogP contribution in [0.5, 0.6) is 0 Å². The highest BCUT2D eigenvalue weighted by Gasteiger charge is 2.24. The molecule has 0 saturated carbocycles. The summed E-state index contributed by atoms with van der Waals surface area (Å²) in [6.45, 7) is 3.50. The third-order valence-electron chi connectivity index (χ3n) is 23.4. The first kappa shape index (κ1) is 91.0. The third-order valence-corrected chi connectivity index (χ3v) is 23.4. The predicted octanol–water partition coefficient (Wildman–Crippen LogP) is 23.8. The average molecular weight is 1870 g/mol. The van der Waals surface area contributed by atoms with E-state index in [1.807, 2.05) is 66.9 Å². The van der Waals surface area contributed by atoms with E-state index in [0.29, 0.717) is 94.5 Å². The number of rotatable bonds is 14. The second-order valence-corrected chi connectivity index (χ2v) is 32.2. The number of nitrogens with one attached hydrogen (secondary N) is 4. The van der Waals surface area contributed by atoms with Crippen LogP contribution in [0.15, 0.2) is 321 Å². The second-order valence-electron chi connectivity index (χ2n) is 32.2. The molecule has 8 heterocycles. The highest BCUT2D eigenvalue weighted by Crippen LogP contribution is 2.44. The Morgan fingerprint density at radius 2 is 0.695 bits per heavy atom. The predicted molar refractivity (Wildman–Crippen MR) is 555 cm³/mol. The van der Waals surface area contributed by atoms with Crippen molar-refractivity contribution in [1.29, 1.82) is 0 Å². The number of nitro groups is 6. The Labute approximate surface area is 793 Å². The molecule has 0 radical (unpaired) electrons. The van der Waals surface area contributed by atoms with Gasteiger partial charge < -0.3 is 65.0 Å². The van der Waals surface area contributed by atoms with Gasteiger partial charge in [0.25, 0.3) is 34.1 Å². The van der Waals surface area contributed by atoms with Gasteiger partial charge in [0.15, 0.2) is 0 Å². The van der Waals surface area contributed by atoms with E-state index in [4.69, 9.17) is 54.6 Å². The van der Waals surface area contributed by atoms with E-state index in [0.717, 1.165) is 120 Å². The minimum Gasteiger partial charge on any atom is -0.399 e. The molecule has 0 aliphatic carbocycles. The van der Waals surface area contributed by atoms with Crippen molar-refractivity contribution in [2.24, 2.45) is 5.11 Å². The van der Waals surface area contributed by atoms with Crippen molar-refractivity contribution in [3.8, 4) is 0 Å². The van der Waals surface area contributed by atoms with Gasteiger partial charge in [-0.3, -0.25) is 60.7 Å². The number of morpholine rings is 1. The summed E-state index contributed by atoms with van der Waals surface area (Å²) >= 11 is 0. The number of aromatic nitrogens is 7. The normalized spacial score (nSPS) is 11.6. The van der Waals surface area contributed by atoms with Crippen molar-refractivity contribution in [1.82, 2.24) is 34.9 Å². The van der Waals surface area contributed by atoms with E-state index in [1.165, 1.54) is 108 Å². The third kappa shape index (κ3) is 19.2. The number of benzene rings is 15. The van der Waals surface area contributed by atoms with Gasteiger partial charge >= 0.3 is 0 Å². The first-order valence-corrected chi connectivity index (χ1v) is 43.2. The van der Waals surface area contributed by atoms with Crippen LogP contribution < -0.4 is 55.3 Å². The van der Waals surface area contributed by atoms with Crippen LogP contribution >= 0.6 is 0 Å². The topological polar surface area (TPSA) is 605 Å². The van der Waals surface area contributed by atoms with Crippen LogP contribution in [0.4, 0.5) is 114 Å². The molecule has 39 nitrogen and oxygen atoms in total. The second kappa shape index (κ2) is 39.0. The molecule has 0 bridgehead atoms.